The lowest BCUT2D eigenvalue weighted by Crippen LogP contribution is -1.99. The van der Waals surface area contributed by atoms with Crippen LogP contribution in [-0.4, -0.2) is 22.2 Å². The van der Waals surface area contributed by atoms with E-state index in [-0.39, 0.29) is 9.75 Å². The lowest BCUT2D eigenvalue weighted by molar-refractivity contribution is 0.0689. The molecule has 94 valence electrons. The molecular formula is C10H4Br2O4S2. The number of hydrogen-bond donors (Lipinski definition) is 2. The van der Waals surface area contributed by atoms with Gasteiger partial charge in [0.05, 0.1) is 0 Å². The van der Waals surface area contributed by atoms with Crippen LogP contribution >= 0.6 is 54.5 Å². The minimum absolute atomic E-state index is 0.114. The minimum Gasteiger partial charge on any atom is -0.477 e. The van der Waals surface area contributed by atoms with Gasteiger partial charge in [-0.15, -0.1) is 22.7 Å². The zero-order valence-corrected chi connectivity index (χ0v) is 13.2. The highest BCUT2D eigenvalue weighted by molar-refractivity contribution is 9.11. The van der Waals surface area contributed by atoms with E-state index in [4.69, 9.17) is 10.2 Å². The van der Waals surface area contributed by atoms with Crippen LogP contribution in [0.3, 0.4) is 0 Å². The Balaban J connectivity index is 2.76. The predicted octanol–water partition coefficient (Wildman–Crippen LogP) is 4.40. The van der Waals surface area contributed by atoms with Gasteiger partial charge in [-0.05, 0) is 31.9 Å². The number of rotatable bonds is 3. The van der Waals surface area contributed by atoms with Gasteiger partial charge in [0.2, 0.25) is 0 Å². The highest BCUT2D eigenvalue weighted by Crippen LogP contribution is 2.44. The van der Waals surface area contributed by atoms with Gasteiger partial charge in [0.25, 0.3) is 0 Å². The smallest absolute Gasteiger partial charge is 0.346 e. The van der Waals surface area contributed by atoms with E-state index in [2.05, 4.69) is 31.9 Å². The number of aromatic carboxylic acids is 2. The Kier molecular flexibility index (Phi) is 3.90. The molecule has 0 aromatic carbocycles. The van der Waals surface area contributed by atoms with Gasteiger partial charge in [0, 0.05) is 30.8 Å². The first-order valence-electron chi connectivity index (χ1n) is 4.44. The molecule has 0 atom stereocenters. The zero-order valence-electron chi connectivity index (χ0n) is 8.44. The van der Waals surface area contributed by atoms with Gasteiger partial charge in [-0.3, -0.25) is 0 Å². The molecule has 0 aliphatic rings. The molecule has 2 heterocycles. The molecule has 2 aromatic rings. The first-order chi connectivity index (χ1) is 8.43. The molecule has 8 heteroatoms. The van der Waals surface area contributed by atoms with E-state index in [0.29, 0.717) is 20.1 Å². The molecule has 0 bridgehead atoms. The third-order valence-electron chi connectivity index (χ3n) is 2.13. The van der Waals surface area contributed by atoms with Crippen LogP contribution < -0.4 is 0 Å². The van der Waals surface area contributed by atoms with Crippen molar-refractivity contribution in [2.75, 3.05) is 0 Å². The van der Waals surface area contributed by atoms with Crippen LogP contribution in [0.5, 0.6) is 0 Å². The van der Waals surface area contributed by atoms with Crippen molar-refractivity contribution in [1.29, 1.82) is 0 Å². The maximum Gasteiger partial charge on any atom is 0.346 e. The molecule has 0 radical (unpaired) electrons. The number of carboxylic acid groups (broad SMARTS) is 2. The first-order valence-corrected chi connectivity index (χ1v) is 7.79. The number of hydrogen-bond acceptors (Lipinski definition) is 4. The lowest BCUT2D eigenvalue weighted by atomic mass is 10.1. The van der Waals surface area contributed by atoms with Crippen molar-refractivity contribution >= 4 is 66.5 Å². The molecule has 0 aliphatic carbocycles. The standard InChI is InChI=1S/C10H4Br2O4S2/c11-3-1-17-7(9(13)14)5(3)6-4(12)2-18-8(6)10(15)16/h1-2H,(H,13,14)(H,15,16). The van der Waals surface area contributed by atoms with Crippen LogP contribution in [0, 0.1) is 0 Å². The minimum atomic E-state index is -1.07. The normalized spacial score (nSPS) is 10.6. The molecule has 2 aromatic heterocycles. The zero-order chi connectivity index (χ0) is 13.4. The average molecular weight is 412 g/mol. The van der Waals surface area contributed by atoms with Crippen LogP contribution in [0.25, 0.3) is 11.1 Å². The maximum absolute atomic E-state index is 11.2. The second kappa shape index (κ2) is 5.12. The molecule has 0 saturated heterocycles. The van der Waals surface area contributed by atoms with Crippen LogP contribution in [0.1, 0.15) is 19.3 Å². The van der Waals surface area contributed by atoms with Crippen molar-refractivity contribution in [3.05, 3.63) is 29.5 Å². The molecule has 0 aliphatic heterocycles. The number of carboxylic acids is 2. The Morgan fingerprint density at radius 1 is 0.889 bits per heavy atom. The third-order valence-corrected chi connectivity index (χ3v) is 5.92. The highest BCUT2D eigenvalue weighted by Gasteiger charge is 2.25. The Morgan fingerprint density at radius 2 is 1.22 bits per heavy atom. The van der Waals surface area contributed by atoms with Gasteiger partial charge >= 0.3 is 11.9 Å². The first kappa shape index (κ1) is 13.7. The van der Waals surface area contributed by atoms with Crippen molar-refractivity contribution in [3.8, 4) is 11.1 Å². The Hall–Kier alpha value is -0.700. The summed E-state index contributed by atoms with van der Waals surface area (Å²) in [6.45, 7) is 0. The molecule has 4 nitrogen and oxygen atoms in total. The predicted molar refractivity (Wildman–Crippen MR) is 77.0 cm³/mol. The van der Waals surface area contributed by atoms with Crippen molar-refractivity contribution in [1.82, 2.24) is 0 Å². The highest BCUT2D eigenvalue weighted by atomic mass is 79.9. The van der Waals surface area contributed by atoms with E-state index >= 15 is 0 Å². The van der Waals surface area contributed by atoms with Crippen molar-refractivity contribution in [2.24, 2.45) is 0 Å². The topological polar surface area (TPSA) is 74.6 Å². The summed E-state index contributed by atoms with van der Waals surface area (Å²) in [4.78, 5) is 22.5. The summed E-state index contributed by atoms with van der Waals surface area (Å²) < 4.78 is 1.15. The van der Waals surface area contributed by atoms with E-state index in [1.807, 2.05) is 0 Å². The largest absolute Gasteiger partial charge is 0.477 e. The van der Waals surface area contributed by atoms with Gasteiger partial charge in [-0.1, -0.05) is 0 Å². The summed E-state index contributed by atoms with van der Waals surface area (Å²) in [5.41, 5.74) is 0.802. The Bertz CT molecular complexity index is 588. The van der Waals surface area contributed by atoms with E-state index in [1.54, 1.807) is 10.8 Å². The molecule has 2 N–H and O–H groups in total. The second-order valence-electron chi connectivity index (χ2n) is 3.19. The van der Waals surface area contributed by atoms with Crippen LogP contribution in [0.4, 0.5) is 0 Å². The fraction of sp³-hybridized carbons (Fsp3) is 0. The SMILES string of the molecule is O=C(O)c1scc(Br)c1-c1c(Br)csc1C(=O)O. The molecule has 0 amide bonds. The van der Waals surface area contributed by atoms with E-state index in [9.17, 15) is 9.59 Å². The second-order valence-corrected chi connectivity index (χ2v) is 6.65. The van der Waals surface area contributed by atoms with Gasteiger partial charge < -0.3 is 10.2 Å². The number of thiophene rings is 2. The monoisotopic (exact) mass is 410 g/mol. The Morgan fingerprint density at radius 3 is 1.50 bits per heavy atom. The molecule has 0 fully saturated rings. The maximum atomic E-state index is 11.2. The summed E-state index contributed by atoms with van der Waals surface area (Å²) in [7, 11) is 0. The van der Waals surface area contributed by atoms with Gasteiger partial charge in [-0.2, -0.15) is 0 Å². The molecular weight excluding hydrogens is 408 g/mol. The van der Waals surface area contributed by atoms with Gasteiger partial charge in [-0.25, -0.2) is 9.59 Å². The fourth-order valence-electron chi connectivity index (χ4n) is 1.45. The van der Waals surface area contributed by atoms with Crippen molar-refractivity contribution in [2.45, 2.75) is 0 Å². The van der Waals surface area contributed by atoms with Crippen LogP contribution in [-0.2, 0) is 0 Å². The summed E-state index contributed by atoms with van der Waals surface area (Å²) in [5.74, 6) is -2.15. The summed E-state index contributed by atoms with van der Waals surface area (Å²) in [6.07, 6.45) is 0. The molecule has 0 spiro atoms. The van der Waals surface area contributed by atoms with Gasteiger partial charge in [0.1, 0.15) is 9.75 Å². The quantitative estimate of drug-likeness (QED) is 0.784. The Labute approximate surface area is 126 Å². The summed E-state index contributed by atoms with van der Waals surface area (Å²) >= 11 is 8.64. The fourth-order valence-corrected chi connectivity index (χ4v) is 4.61. The number of halogens is 2. The third kappa shape index (κ3) is 2.25. The summed E-state index contributed by atoms with van der Waals surface area (Å²) in [6, 6.07) is 0. The van der Waals surface area contributed by atoms with Crippen LogP contribution in [0.2, 0.25) is 0 Å². The van der Waals surface area contributed by atoms with Crippen molar-refractivity contribution < 1.29 is 19.8 Å². The molecule has 2 rings (SSSR count). The number of carbonyl (C=O) groups is 2. The van der Waals surface area contributed by atoms with Gasteiger partial charge in [0.15, 0.2) is 0 Å². The van der Waals surface area contributed by atoms with E-state index in [0.717, 1.165) is 22.7 Å². The van der Waals surface area contributed by atoms with Crippen molar-refractivity contribution in [3.63, 3.8) is 0 Å². The summed E-state index contributed by atoms with van der Waals surface area (Å²) in [5, 5.41) is 21.5. The average Bonchev–Trinajstić information content (AvgIpc) is 2.81. The van der Waals surface area contributed by atoms with E-state index < -0.39 is 11.9 Å². The van der Waals surface area contributed by atoms with Crippen LogP contribution in [0.15, 0.2) is 19.7 Å². The molecule has 0 saturated carbocycles. The van der Waals surface area contributed by atoms with E-state index in [1.165, 1.54) is 0 Å². The molecule has 18 heavy (non-hydrogen) atoms. The lowest BCUT2D eigenvalue weighted by Gasteiger charge is -2.03. The molecule has 0 unspecified atom stereocenters.